The number of aromatic nitrogens is 2. The van der Waals surface area contributed by atoms with Gasteiger partial charge in [-0.25, -0.2) is 0 Å². The summed E-state index contributed by atoms with van der Waals surface area (Å²) in [6, 6.07) is 11.8. The van der Waals surface area contributed by atoms with Crippen LogP contribution < -0.4 is 0 Å². The SMILES string of the molecule is CC(=O)OCCn1c(C)c(-c2ccc(Cl)cc2)c2nc(C)ccc21. The minimum Gasteiger partial charge on any atom is -0.464 e. The molecule has 0 aliphatic heterocycles. The highest BCUT2D eigenvalue weighted by molar-refractivity contribution is 6.30. The van der Waals surface area contributed by atoms with Crippen LogP contribution in [0.4, 0.5) is 0 Å². The first-order valence-corrected chi connectivity index (χ1v) is 8.21. The van der Waals surface area contributed by atoms with Crippen LogP contribution in [0.3, 0.4) is 0 Å². The first-order valence-electron chi connectivity index (χ1n) is 7.83. The van der Waals surface area contributed by atoms with Gasteiger partial charge in [0.2, 0.25) is 0 Å². The lowest BCUT2D eigenvalue weighted by Crippen LogP contribution is -2.09. The maximum absolute atomic E-state index is 11.0. The summed E-state index contributed by atoms with van der Waals surface area (Å²) in [7, 11) is 0. The molecule has 0 atom stereocenters. The van der Waals surface area contributed by atoms with E-state index in [2.05, 4.69) is 17.6 Å². The lowest BCUT2D eigenvalue weighted by Gasteiger charge is -2.09. The molecule has 0 radical (unpaired) electrons. The summed E-state index contributed by atoms with van der Waals surface area (Å²) in [6.07, 6.45) is 0. The number of halogens is 1. The Morgan fingerprint density at radius 2 is 1.88 bits per heavy atom. The van der Waals surface area contributed by atoms with Gasteiger partial charge >= 0.3 is 5.97 Å². The summed E-state index contributed by atoms with van der Waals surface area (Å²) in [4.78, 5) is 15.8. The number of hydrogen-bond acceptors (Lipinski definition) is 3. The van der Waals surface area contributed by atoms with Crippen molar-refractivity contribution < 1.29 is 9.53 Å². The van der Waals surface area contributed by atoms with Gasteiger partial charge < -0.3 is 9.30 Å². The Kier molecular flexibility index (Phi) is 4.58. The van der Waals surface area contributed by atoms with Gasteiger partial charge in [-0.1, -0.05) is 23.7 Å². The third kappa shape index (κ3) is 3.15. The van der Waals surface area contributed by atoms with E-state index in [4.69, 9.17) is 21.3 Å². The predicted octanol–water partition coefficient (Wildman–Crippen LogP) is 4.54. The zero-order valence-corrected chi connectivity index (χ0v) is 14.7. The number of hydrogen-bond donors (Lipinski definition) is 0. The number of rotatable bonds is 4. The van der Waals surface area contributed by atoms with Crippen LogP contribution in [0.15, 0.2) is 36.4 Å². The molecular formula is C19H19ClN2O2. The number of fused-ring (bicyclic) bond motifs is 1. The first kappa shape index (κ1) is 16.5. The Balaban J connectivity index is 2.13. The number of ether oxygens (including phenoxy) is 1. The van der Waals surface area contributed by atoms with Gasteiger partial charge in [0.25, 0.3) is 0 Å². The van der Waals surface area contributed by atoms with Crippen molar-refractivity contribution in [3.05, 3.63) is 52.8 Å². The highest BCUT2D eigenvalue weighted by atomic mass is 35.5. The predicted molar refractivity (Wildman–Crippen MR) is 96.3 cm³/mol. The fourth-order valence-corrected chi connectivity index (χ4v) is 3.10. The average molecular weight is 343 g/mol. The second-order valence-electron chi connectivity index (χ2n) is 5.78. The van der Waals surface area contributed by atoms with Crippen molar-refractivity contribution in [1.82, 2.24) is 9.55 Å². The highest BCUT2D eigenvalue weighted by Crippen LogP contribution is 2.34. The zero-order chi connectivity index (χ0) is 17.3. The molecule has 2 aromatic heterocycles. The van der Waals surface area contributed by atoms with Crippen molar-refractivity contribution in [3.8, 4) is 11.1 Å². The number of esters is 1. The van der Waals surface area contributed by atoms with Gasteiger partial charge in [-0.2, -0.15) is 0 Å². The lowest BCUT2D eigenvalue weighted by atomic mass is 10.1. The third-order valence-corrected chi connectivity index (χ3v) is 4.31. The molecule has 0 fully saturated rings. The second kappa shape index (κ2) is 6.65. The quantitative estimate of drug-likeness (QED) is 0.654. The van der Waals surface area contributed by atoms with E-state index in [0.717, 1.165) is 33.5 Å². The Bertz CT molecular complexity index is 898. The van der Waals surface area contributed by atoms with E-state index >= 15 is 0 Å². The third-order valence-electron chi connectivity index (χ3n) is 4.06. The molecule has 0 saturated carbocycles. The lowest BCUT2D eigenvalue weighted by molar-refractivity contribution is -0.141. The molecule has 0 spiro atoms. The second-order valence-corrected chi connectivity index (χ2v) is 6.22. The molecule has 5 heteroatoms. The number of benzene rings is 1. The minimum atomic E-state index is -0.268. The first-order chi connectivity index (χ1) is 11.5. The average Bonchev–Trinajstić information content (AvgIpc) is 2.80. The summed E-state index contributed by atoms with van der Waals surface area (Å²) in [6.45, 7) is 6.41. The molecule has 4 nitrogen and oxygen atoms in total. The standard InChI is InChI=1S/C19H19ClN2O2/c1-12-4-9-17-19(21-12)18(15-5-7-16(20)8-6-15)13(2)22(17)10-11-24-14(3)23/h4-9H,10-11H2,1-3H3. The van der Waals surface area contributed by atoms with E-state index in [1.807, 2.05) is 37.3 Å². The molecule has 0 N–H and O–H groups in total. The number of aryl methyl sites for hydroxylation is 1. The maximum Gasteiger partial charge on any atom is 0.302 e. The normalized spacial score (nSPS) is 11.0. The highest BCUT2D eigenvalue weighted by Gasteiger charge is 2.17. The number of carbonyl (C=O) groups is 1. The van der Waals surface area contributed by atoms with Crippen LogP contribution in [0.2, 0.25) is 5.02 Å². The molecule has 3 rings (SSSR count). The Morgan fingerprint density at radius 3 is 2.54 bits per heavy atom. The van der Waals surface area contributed by atoms with Crippen LogP contribution in [-0.2, 0) is 16.1 Å². The van der Waals surface area contributed by atoms with E-state index in [1.165, 1.54) is 6.92 Å². The van der Waals surface area contributed by atoms with Crippen molar-refractivity contribution in [2.45, 2.75) is 27.3 Å². The molecule has 0 amide bonds. The summed E-state index contributed by atoms with van der Waals surface area (Å²) >= 11 is 6.02. The van der Waals surface area contributed by atoms with Gasteiger partial charge in [-0.05, 0) is 43.7 Å². The Hall–Kier alpha value is -2.33. The number of pyridine rings is 1. The van der Waals surface area contributed by atoms with Gasteiger partial charge in [-0.3, -0.25) is 9.78 Å². The van der Waals surface area contributed by atoms with Crippen LogP contribution in [0.25, 0.3) is 22.2 Å². The van der Waals surface area contributed by atoms with Crippen LogP contribution in [-0.4, -0.2) is 22.1 Å². The number of carbonyl (C=O) groups excluding carboxylic acids is 1. The number of nitrogens with zero attached hydrogens (tertiary/aromatic N) is 2. The summed E-state index contributed by atoms with van der Waals surface area (Å²) in [5, 5.41) is 0.708. The topological polar surface area (TPSA) is 44.1 Å². The molecule has 0 unspecified atom stereocenters. The molecule has 124 valence electrons. The van der Waals surface area contributed by atoms with Gasteiger partial charge in [0.1, 0.15) is 6.61 Å². The van der Waals surface area contributed by atoms with Gasteiger partial charge in [0.15, 0.2) is 0 Å². The van der Waals surface area contributed by atoms with Crippen LogP contribution in [0.1, 0.15) is 18.3 Å². The Labute approximate surface area is 146 Å². The Morgan fingerprint density at radius 1 is 1.17 bits per heavy atom. The van der Waals surface area contributed by atoms with Crippen molar-refractivity contribution in [2.75, 3.05) is 6.61 Å². The summed E-state index contributed by atoms with van der Waals surface area (Å²) < 4.78 is 7.25. The molecule has 0 saturated heterocycles. The molecule has 1 aromatic carbocycles. The molecule has 0 bridgehead atoms. The van der Waals surface area contributed by atoms with E-state index in [9.17, 15) is 4.79 Å². The largest absolute Gasteiger partial charge is 0.464 e. The van der Waals surface area contributed by atoms with Crippen molar-refractivity contribution >= 4 is 28.6 Å². The monoisotopic (exact) mass is 342 g/mol. The van der Waals surface area contributed by atoms with Crippen LogP contribution >= 0.6 is 11.6 Å². The van der Waals surface area contributed by atoms with E-state index < -0.39 is 0 Å². The van der Waals surface area contributed by atoms with Gasteiger partial charge in [0.05, 0.1) is 17.6 Å². The summed E-state index contributed by atoms with van der Waals surface area (Å²) in [5.74, 6) is -0.268. The fourth-order valence-electron chi connectivity index (χ4n) is 2.97. The molecular weight excluding hydrogens is 324 g/mol. The van der Waals surface area contributed by atoms with Gasteiger partial charge in [-0.15, -0.1) is 0 Å². The smallest absolute Gasteiger partial charge is 0.302 e. The minimum absolute atomic E-state index is 0.268. The molecule has 2 heterocycles. The molecule has 3 aromatic rings. The fraction of sp³-hybridized carbons (Fsp3) is 0.263. The van der Waals surface area contributed by atoms with Crippen molar-refractivity contribution in [2.24, 2.45) is 0 Å². The van der Waals surface area contributed by atoms with Crippen LogP contribution in [0.5, 0.6) is 0 Å². The summed E-state index contributed by atoms with van der Waals surface area (Å²) in [5.41, 5.74) is 6.22. The molecule has 24 heavy (non-hydrogen) atoms. The van der Waals surface area contributed by atoms with E-state index in [1.54, 1.807) is 0 Å². The molecule has 0 aliphatic carbocycles. The van der Waals surface area contributed by atoms with Crippen molar-refractivity contribution in [3.63, 3.8) is 0 Å². The van der Waals surface area contributed by atoms with E-state index in [-0.39, 0.29) is 5.97 Å². The van der Waals surface area contributed by atoms with E-state index in [0.29, 0.717) is 18.2 Å². The zero-order valence-electron chi connectivity index (χ0n) is 14.0. The van der Waals surface area contributed by atoms with Gasteiger partial charge in [0, 0.05) is 28.9 Å². The van der Waals surface area contributed by atoms with Crippen molar-refractivity contribution in [1.29, 1.82) is 0 Å². The van der Waals surface area contributed by atoms with Crippen LogP contribution in [0, 0.1) is 13.8 Å². The molecule has 0 aliphatic rings. The maximum atomic E-state index is 11.0.